The molecule has 1 N–H and O–H groups in total. The number of non-ortho nitro benzene ring substituents is 1. The van der Waals surface area contributed by atoms with Gasteiger partial charge in [-0.3, -0.25) is 10.1 Å². The maximum Gasteiger partial charge on any atom is 0.295 e. The number of nitro groups is 1. The van der Waals surface area contributed by atoms with Crippen LogP contribution in [0, 0.1) is 10.1 Å². The average molecular weight is 277 g/mol. The molecule has 1 heterocycles. The van der Waals surface area contributed by atoms with Gasteiger partial charge in [-0.15, -0.1) is 0 Å². The fourth-order valence-electron chi connectivity index (χ4n) is 2.62. The Morgan fingerprint density at radius 3 is 3.10 bits per heavy atom. The summed E-state index contributed by atoms with van der Waals surface area (Å²) in [5.74, 6) is 0. The van der Waals surface area contributed by atoms with Gasteiger partial charge in [-0.1, -0.05) is 0 Å². The monoisotopic (exact) mass is 277 g/mol. The van der Waals surface area contributed by atoms with E-state index < -0.39 is 4.92 Å². The van der Waals surface area contributed by atoms with Crippen LogP contribution in [0.1, 0.15) is 19.3 Å². The van der Waals surface area contributed by atoms with E-state index in [1.807, 2.05) is 0 Å². The Kier molecular flexibility index (Phi) is 3.27. The molecule has 7 nitrogen and oxygen atoms in total. The van der Waals surface area contributed by atoms with Gasteiger partial charge >= 0.3 is 0 Å². The topological polar surface area (TPSA) is 90.4 Å². The standard InChI is InChI=1S/C13H15N3O4/c1-19-11-4-2-3-9(11)14-13-15-10-7-8(16(17)18)5-6-12(10)20-13/h5-7,9,11H,2-4H2,1H3,(H,14,15). The Labute approximate surface area is 115 Å². The molecule has 106 valence electrons. The van der Waals surface area contributed by atoms with Crippen LogP contribution in [0.25, 0.3) is 11.1 Å². The first-order valence-corrected chi connectivity index (χ1v) is 6.51. The van der Waals surface area contributed by atoms with Crippen LogP contribution in [-0.4, -0.2) is 29.2 Å². The van der Waals surface area contributed by atoms with E-state index in [2.05, 4.69) is 10.3 Å². The fourth-order valence-corrected chi connectivity index (χ4v) is 2.62. The molecule has 0 spiro atoms. The van der Waals surface area contributed by atoms with Crippen molar-refractivity contribution in [3.05, 3.63) is 28.3 Å². The minimum Gasteiger partial charge on any atom is -0.424 e. The number of hydrogen-bond donors (Lipinski definition) is 1. The summed E-state index contributed by atoms with van der Waals surface area (Å²) in [6, 6.07) is 4.93. The number of benzene rings is 1. The number of aromatic nitrogens is 1. The third-order valence-corrected chi connectivity index (χ3v) is 3.65. The zero-order valence-electron chi connectivity index (χ0n) is 11.0. The van der Waals surface area contributed by atoms with Crippen molar-refractivity contribution < 1.29 is 14.1 Å². The van der Waals surface area contributed by atoms with Crippen LogP contribution >= 0.6 is 0 Å². The average Bonchev–Trinajstić information content (AvgIpc) is 3.03. The molecular weight excluding hydrogens is 262 g/mol. The number of rotatable bonds is 4. The van der Waals surface area contributed by atoms with Crippen molar-refractivity contribution in [2.24, 2.45) is 0 Å². The molecule has 0 bridgehead atoms. The molecule has 1 fully saturated rings. The van der Waals surface area contributed by atoms with Crippen LogP contribution in [0.3, 0.4) is 0 Å². The zero-order chi connectivity index (χ0) is 14.1. The summed E-state index contributed by atoms with van der Waals surface area (Å²) in [5.41, 5.74) is 1.02. The lowest BCUT2D eigenvalue weighted by molar-refractivity contribution is -0.384. The van der Waals surface area contributed by atoms with E-state index in [1.165, 1.54) is 12.1 Å². The molecule has 1 saturated carbocycles. The molecule has 20 heavy (non-hydrogen) atoms. The lowest BCUT2D eigenvalue weighted by atomic mass is 10.2. The Bertz CT molecular complexity index is 640. The molecule has 0 amide bonds. The van der Waals surface area contributed by atoms with Crippen molar-refractivity contribution in [1.82, 2.24) is 4.98 Å². The first-order valence-electron chi connectivity index (χ1n) is 6.51. The number of anilines is 1. The van der Waals surface area contributed by atoms with Gasteiger partial charge in [0.2, 0.25) is 0 Å². The van der Waals surface area contributed by atoms with E-state index in [1.54, 1.807) is 13.2 Å². The van der Waals surface area contributed by atoms with Gasteiger partial charge in [-0.25, -0.2) is 0 Å². The van der Waals surface area contributed by atoms with Crippen LogP contribution < -0.4 is 5.32 Å². The predicted octanol–water partition coefficient (Wildman–Crippen LogP) is 2.72. The van der Waals surface area contributed by atoms with E-state index in [0.29, 0.717) is 17.1 Å². The van der Waals surface area contributed by atoms with E-state index in [4.69, 9.17) is 9.15 Å². The van der Waals surface area contributed by atoms with Crippen LogP contribution in [-0.2, 0) is 4.74 Å². The van der Waals surface area contributed by atoms with Crippen LogP contribution in [0.15, 0.2) is 22.6 Å². The SMILES string of the molecule is COC1CCCC1Nc1nc2cc([N+](=O)[O-])ccc2o1. The Morgan fingerprint density at radius 1 is 1.50 bits per heavy atom. The highest BCUT2D eigenvalue weighted by Crippen LogP contribution is 2.28. The highest BCUT2D eigenvalue weighted by Gasteiger charge is 2.28. The molecule has 2 atom stereocenters. The van der Waals surface area contributed by atoms with Gasteiger partial charge in [-0.2, -0.15) is 4.98 Å². The number of ether oxygens (including phenoxy) is 1. The normalized spacial score (nSPS) is 22.2. The lowest BCUT2D eigenvalue weighted by Gasteiger charge is -2.17. The molecule has 1 aliphatic rings. The van der Waals surface area contributed by atoms with Gasteiger partial charge in [0.05, 0.1) is 17.1 Å². The molecule has 0 radical (unpaired) electrons. The summed E-state index contributed by atoms with van der Waals surface area (Å²) >= 11 is 0. The number of methoxy groups -OCH3 is 1. The zero-order valence-corrected chi connectivity index (χ0v) is 11.0. The highest BCUT2D eigenvalue weighted by molar-refractivity contribution is 5.77. The summed E-state index contributed by atoms with van der Waals surface area (Å²) in [4.78, 5) is 14.5. The van der Waals surface area contributed by atoms with Crippen LogP contribution in [0.5, 0.6) is 0 Å². The van der Waals surface area contributed by atoms with Crippen LogP contribution in [0.4, 0.5) is 11.7 Å². The van der Waals surface area contributed by atoms with Crippen molar-refractivity contribution in [3.8, 4) is 0 Å². The van der Waals surface area contributed by atoms with Gasteiger partial charge in [0.25, 0.3) is 11.7 Å². The molecule has 0 saturated heterocycles. The molecule has 2 unspecified atom stereocenters. The number of nitro benzene ring substituents is 1. The first-order chi connectivity index (χ1) is 9.67. The van der Waals surface area contributed by atoms with E-state index in [-0.39, 0.29) is 17.8 Å². The molecule has 1 aromatic heterocycles. The lowest BCUT2D eigenvalue weighted by Crippen LogP contribution is -2.29. The number of fused-ring (bicyclic) bond motifs is 1. The van der Waals surface area contributed by atoms with Crippen molar-refractivity contribution in [2.75, 3.05) is 12.4 Å². The van der Waals surface area contributed by atoms with E-state index in [0.717, 1.165) is 19.3 Å². The van der Waals surface area contributed by atoms with Crippen LogP contribution in [0.2, 0.25) is 0 Å². The Balaban J connectivity index is 1.84. The minimum absolute atomic E-state index is 0.00739. The summed E-state index contributed by atoms with van der Waals surface area (Å²) in [5, 5.41) is 13.9. The third-order valence-electron chi connectivity index (χ3n) is 3.65. The molecule has 3 rings (SSSR count). The largest absolute Gasteiger partial charge is 0.424 e. The van der Waals surface area contributed by atoms with E-state index in [9.17, 15) is 10.1 Å². The fraction of sp³-hybridized carbons (Fsp3) is 0.462. The summed E-state index contributed by atoms with van der Waals surface area (Å²) in [6.07, 6.45) is 3.26. The molecule has 2 aromatic rings. The first kappa shape index (κ1) is 12.9. The predicted molar refractivity (Wildman–Crippen MR) is 72.7 cm³/mol. The maximum absolute atomic E-state index is 10.7. The number of nitrogens with zero attached hydrogens (tertiary/aromatic N) is 2. The van der Waals surface area contributed by atoms with Crippen molar-refractivity contribution in [2.45, 2.75) is 31.4 Å². The van der Waals surface area contributed by atoms with Crippen molar-refractivity contribution >= 4 is 22.8 Å². The van der Waals surface area contributed by atoms with Gasteiger partial charge < -0.3 is 14.5 Å². The molecule has 1 aliphatic carbocycles. The van der Waals surface area contributed by atoms with Gasteiger partial charge in [0.1, 0.15) is 5.52 Å². The van der Waals surface area contributed by atoms with Gasteiger partial charge in [0.15, 0.2) is 5.58 Å². The maximum atomic E-state index is 10.7. The summed E-state index contributed by atoms with van der Waals surface area (Å²) in [6.45, 7) is 0. The van der Waals surface area contributed by atoms with E-state index >= 15 is 0 Å². The minimum atomic E-state index is -0.445. The molecule has 1 aromatic carbocycles. The van der Waals surface area contributed by atoms with Crippen molar-refractivity contribution in [3.63, 3.8) is 0 Å². The highest BCUT2D eigenvalue weighted by atomic mass is 16.6. The van der Waals surface area contributed by atoms with Gasteiger partial charge in [-0.05, 0) is 25.3 Å². The number of hydrogen-bond acceptors (Lipinski definition) is 6. The summed E-state index contributed by atoms with van der Waals surface area (Å²) in [7, 11) is 1.69. The smallest absolute Gasteiger partial charge is 0.295 e. The number of nitrogens with one attached hydrogen (secondary N) is 1. The summed E-state index contributed by atoms with van der Waals surface area (Å²) < 4.78 is 11.0. The van der Waals surface area contributed by atoms with Gasteiger partial charge in [0, 0.05) is 19.2 Å². The molecular formula is C13H15N3O4. The second-order valence-electron chi connectivity index (χ2n) is 4.88. The second-order valence-corrected chi connectivity index (χ2v) is 4.88. The quantitative estimate of drug-likeness (QED) is 0.682. The third kappa shape index (κ3) is 2.32. The second kappa shape index (κ2) is 5.09. The van der Waals surface area contributed by atoms with Crippen molar-refractivity contribution in [1.29, 1.82) is 0 Å². The Morgan fingerprint density at radius 2 is 2.35 bits per heavy atom. The molecule has 0 aliphatic heterocycles. The number of oxazole rings is 1. The molecule has 7 heteroatoms. The Hall–Kier alpha value is -2.15.